The number of amides is 1. The minimum atomic E-state index is -0.0333. The fourth-order valence-corrected chi connectivity index (χ4v) is 3.08. The number of aryl methyl sites for hydroxylation is 2. The van der Waals surface area contributed by atoms with Crippen LogP contribution in [0.25, 0.3) is 0 Å². The van der Waals surface area contributed by atoms with E-state index in [0.29, 0.717) is 6.54 Å². The summed E-state index contributed by atoms with van der Waals surface area (Å²) in [6.45, 7) is 4.19. The topological polar surface area (TPSA) is 59.0 Å². The number of benzene rings is 1. The smallest absolute Gasteiger partial charge is 0.225 e. The van der Waals surface area contributed by atoms with Gasteiger partial charge in [0.15, 0.2) is 0 Å². The molecule has 1 aliphatic heterocycles. The maximum atomic E-state index is 12.5. The average molecular weight is 335 g/mol. The Morgan fingerprint density at radius 2 is 2.26 bits per heavy atom. The summed E-state index contributed by atoms with van der Waals surface area (Å²) in [6, 6.07) is 8.22. The predicted molar refractivity (Wildman–Crippen MR) is 92.6 cm³/mol. The summed E-state index contributed by atoms with van der Waals surface area (Å²) in [5.74, 6) is 0.278. The molecule has 1 aliphatic rings. The van der Waals surface area contributed by atoms with E-state index in [9.17, 15) is 4.79 Å². The lowest BCUT2D eigenvalue weighted by atomic mass is 9.90. The van der Waals surface area contributed by atoms with Gasteiger partial charge in [0.1, 0.15) is 0 Å². The van der Waals surface area contributed by atoms with Crippen molar-refractivity contribution in [3.63, 3.8) is 0 Å². The third kappa shape index (κ3) is 4.12. The van der Waals surface area contributed by atoms with Crippen LogP contribution in [0.2, 0.25) is 0 Å². The molecule has 0 saturated carbocycles. The first kappa shape index (κ1) is 17.5. The van der Waals surface area contributed by atoms with Crippen molar-refractivity contribution in [3.05, 3.63) is 53.3 Å². The highest BCUT2D eigenvalue weighted by Gasteiger charge is 2.34. The van der Waals surface area contributed by atoms with E-state index in [2.05, 4.69) is 34.8 Å². The van der Waals surface area contributed by atoms with Crippen LogP contribution in [0.15, 0.2) is 36.7 Å². The first-order valence-electron chi connectivity index (χ1n) is 7.66. The summed E-state index contributed by atoms with van der Waals surface area (Å²) in [6.07, 6.45) is 3.86. The molecule has 3 rings (SSSR count). The number of hydrogen-bond acceptors (Lipinski definition) is 3. The van der Waals surface area contributed by atoms with Crippen LogP contribution in [0.4, 0.5) is 0 Å². The lowest BCUT2D eigenvalue weighted by Gasteiger charge is -2.17. The Morgan fingerprint density at radius 1 is 1.43 bits per heavy atom. The van der Waals surface area contributed by atoms with Gasteiger partial charge in [-0.25, -0.2) is 0 Å². The van der Waals surface area contributed by atoms with Crippen molar-refractivity contribution in [3.8, 4) is 0 Å². The van der Waals surface area contributed by atoms with Gasteiger partial charge in [-0.15, -0.1) is 12.4 Å². The lowest BCUT2D eigenvalue weighted by molar-refractivity contribution is -0.125. The SMILES string of the molecule is Cc1cccc(CNC(=O)[C@H]2CNC[C@@H]2c2cnn(C)c2)c1.Cl. The molecular formula is C17H23ClN4O. The summed E-state index contributed by atoms with van der Waals surface area (Å²) in [7, 11) is 1.90. The minimum absolute atomic E-state index is 0. The number of carbonyl (C=O) groups is 1. The number of halogens is 1. The zero-order valence-electron chi connectivity index (χ0n) is 13.5. The number of carbonyl (C=O) groups excluding carboxylic acids is 1. The zero-order valence-corrected chi connectivity index (χ0v) is 14.3. The van der Waals surface area contributed by atoms with Gasteiger partial charge in [-0.05, 0) is 18.1 Å². The maximum absolute atomic E-state index is 12.5. The van der Waals surface area contributed by atoms with Crippen molar-refractivity contribution >= 4 is 18.3 Å². The Bertz CT molecular complexity index is 670. The van der Waals surface area contributed by atoms with Gasteiger partial charge in [0, 0.05) is 38.8 Å². The highest BCUT2D eigenvalue weighted by molar-refractivity contribution is 5.85. The normalized spacial score (nSPS) is 20.1. The summed E-state index contributed by atoms with van der Waals surface area (Å²) < 4.78 is 1.79. The maximum Gasteiger partial charge on any atom is 0.225 e. The molecule has 1 saturated heterocycles. The molecule has 2 aromatic rings. The van der Waals surface area contributed by atoms with Crippen LogP contribution in [0.1, 0.15) is 22.6 Å². The number of rotatable bonds is 4. The highest BCUT2D eigenvalue weighted by Crippen LogP contribution is 2.27. The first-order valence-corrected chi connectivity index (χ1v) is 7.66. The molecule has 2 atom stereocenters. The Hall–Kier alpha value is -1.85. The van der Waals surface area contributed by atoms with E-state index in [4.69, 9.17) is 0 Å². The molecule has 1 aromatic carbocycles. The molecule has 1 fully saturated rings. The molecule has 5 nitrogen and oxygen atoms in total. The molecule has 23 heavy (non-hydrogen) atoms. The lowest BCUT2D eigenvalue weighted by Crippen LogP contribution is -2.33. The molecule has 0 spiro atoms. The number of hydrogen-bond donors (Lipinski definition) is 2. The zero-order chi connectivity index (χ0) is 15.5. The second-order valence-electron chi connectivity index (χ2n) is 6.03. The monoisotopic (exact) mass is 334 g/mol. The molecule has 6 heteroatoms. The molecular weight excluding hydrogens is 312 g/mol. The van der Waals surface area contributed by atoms with Crippen LogP contribution in [-0.2, 0) is 18.4 Å². The van der Waals surface area contributed by atoms with Crippen molar-refractivity contribution in [1.29, 1.82) is 0 Å². The summed E-state index contributed by atoms with van der Waals surface area (Å²) >= 11 is 0. The standard InChI is InChI=1S/C17H22N4O.ClH/c1-12-4-3-5-13(6-12)7-19-17(22)16-10-18-9-15(16)14-8-20-21(2)11-14;/h3-6,8,11,15-16,18H,7,9-10H2,1-2H3,(H,19,22);1H/t15-,16+;/m1./s1. The van der Waals surface area contributed by atoms with Crippen molar-refractivity contribution < 1.29 is 4.79 Å². The molecule has 2 heterocycles. The predicted octanol–water partition coefficient (Wildman–Crippen LogP) is 1.77. The fourth-order valence-electron chi connectivity index (χ4n) is 3.08. The van der Waals surface area contributed by atoms with E-state index in [1.807, 2.05) is 31.6 Å². The largest absolute Gasteiger partial charge is 0.352 e. The quantitative estimate of drug-likeness (QED) is 0.896. The Balaban J connectivity index is 0.00000192. The number of aromatic nitrogens is 2. The van der Waals surface area contributed by atoms with Crippen molar-refractivity contribution in [1.82, 2.24) is 20.4 Å². The number of nitrogens with zero attached hydrogens (tertiary/aromatic N) is 2. The van der Waals surface area contributed by atoms with Crippen molar-refractivity contribution in [2.45, 2.75) is 19.4 Å². The molecule has 1 amide bonds. The van der Waals surface area contributed by atoms with E-state index in [0.717, 1.165) is 24.2 Å². The second-order valence-corrected chi connectivity index (χ2v) is 6.03. The Morgan fingerprint density at radius 3 is 2.96 bits per heavy atom. The molecule has 0 aliphatic carbocycles. The molecule has 0 bridgehead atoms. The Kier molecular flexibility index (Phi) is 5.80. The van der Waals surface area contributed by atoms with Crippen LogP contribution in [0.3, 0.4) is 0 Å². The number of nitrogens with one attached hydrogen (secondary N) is 2. The van der Waals surface area contributed by atoms with E-state index < -0.39 is 0 Å². The van der Waals surface area contributed by atoms with E-state index in [1.54, 1.807) is 4.68 Å². The summed E-state index contributed by atoms with van der Waals surface area (Å²) in [4.78, 5) is 12.5. The van der Waals surface area contributed by atoms with Crippen LogP contribution in [0.5, 0.6) is 0 Å². The third-order valence-corrected chi connectivity index (χ3v) is 4.25. The molecule has 0 radical (unpaired) electrons. The summed E-state index contributed by atoms with van der Waals surface area (Å²) in [5.41, 5.74) is 3.47. The van der Waals surface area contributed by atoms with Gasteiger partial charge in [-0.3, -0.25) is 9.48 Å². The third-order valence-electron chi connectivity index (χ3n) is 4.25. The Labute approximate surface area is 142 Å². The van der Waals surface area contributed by atoms with Crippen LogP contribution in [-0.4, -0.2) is 28.8 Å². The van der Waals surface area contributed by atoms with Gasteiger partial charge in [0.25, 0.3) is 0 Å². The first-order chi connectivity index (χ1) is 10.6. The van der Waals surface area contributed by atoms with Gasteiger partial charge in [-0.1, -0.05) is 29.8 Å². The van der Waals surface area contributed by atoms with Gasteiger partial charge in [0.05, 0.1) is 12.1 Å². The van der Waals surface area contributed by atoms with Gasteiger partial charge in [-0.2, -0.15) is 5.10 Å². The average Bonchev–Trinajstić information content (AvgIpc) is 3.13. The summed E-state index contributed by atoms with van der Waals surface area (Å²) in [5, 5.41) is 10.6. The van der Waals surface area contributed by atoms with Gasteiger partial charge >= 0.3 is 0 Å². The van der Waals surface area contributed by atoms with Gasteiger partial charge in [0.2, 0.25) is 5.91 Å². The van der Waals surface area contributed by atoms with E-state index in [-0.39, 0.29) is 30.2 Å². The van der Waals surface area contributed by atoms with Crippen LogP contribution >= 0.6 is 12.4 Å². The van der Waals surface area contributed by atoms with Crippen molar-refractivity contribution in [2.24, 2.45) is 13.0 Å². The molecule has 2 N–H and O–H groups in total. The van der Waals surface area contributed by atoms with Crippen molar-refractivity contribution in [2.75, 3.05) is 13.1 Å². The van der Waals surface area contributed by atoms with Gasteiger partial charge < -0.3 is 10.6 Å². The highest BCUT2D eigenvalue weighted by atomic mass is 35.5. The minimum Gasteiger partial charge on any atom is -0.352 e. The molecule has 0 unspecified atom stereocenters. The van der Waals surface area contributed by atoms with E-state index in [1.165, 1.54) is 5.56 Å². The van der Waals surface area contributed by atoms with E-state index >= 15 is 0 Å². The van der Waals surface area contributed by atoms with Crippen LogP contribution < -0.4 is 10.6 Å². The molecule has 1 aromatic heterocycles. The van der Waals surface area contributed by atoms with Crippen LogP contribution in [0, 0.1) is 12.8 Å². The molecule has 124 valence electrons. The second kappa shape index (κ2) is 7.62. The fraction of sp³-hybridized carbons (Fsp3) is 0.412.